The zero-order chi connectivity index (χ0) is 10.3. The smallest absolute Gasteiger partial charge is 0.108 e. The molecule has 0 rings (SSSR count). The van der Waals surface area contributed by atoms with E-state index in [4.69, 9.17) is 21.2 Å². The van der Waals surface area contributed by atoms with Crippen molar-refractivity contribution in [3.05, 3.63) is 0 Å². The molecule has 0 unspecified atom stereocenters. The van der Waals surface area contributed by atoms with Gasteiger partial charge in [0.1, 0.15) is 12.2 Å². The topological polar surface area (TPSA) is 128 Å². The van der Waals surface area contributed by atoms with Crippen LogP contribution < -0.4 is 11.4 Å². The quantitative estimate of drug-likeness (QED) is 0.144. The standard InChI is InChI=1S/C6H16N2O5/c7-8-13-2-1-4(10)6(12)5(11)3-9/h4-6,8-12H,1-3,7H2/t4-,5-,6+/m1/s1. The van der Waals surface area contributed by atoms with Crippen LogP contribution in [0.3, 0.4) is 0 Å². The van der Waals surface area contributed by atoms with Crippen molar-refractivity contribution in [1.29, 1.82) is 0 Å². The van der Waals surface area contributed by atoms with Crippen LogP contribution in [-0.4, -0.2) is 52.0 Å². The van der Waals surface area contributed by atoms with Crippen molar-refractivity contribution in [2.24, 2.45) is 5.84 Å². The lowest BCUT2D eigenvalue weighted by atomic mass is 10.1. The molecule has 0 aromatic heterocycles. The molecule has 0 radical (unpaired) electrons. The zero-order valence-corrected chi connectivity index (χ0v) is 7.13. The molecule has 0 aliphatic carbocycles. The molecule has 0 saturated carbocycles. The van der Waals surface area contributed by atoms with Crippen LogP contribution in [0, 0.1) is 0 Å². The molecule has 7 N–H and O–H groups in total. The van der Waals surface area contributed by atoms with E-state index in [1.807, 2.05) is 5.59 Å². The number of hydrogen-bond donors (Lipinski definition) is 6. The molecule has 0 aliphatic heterocycles. The highest BCUT2D eigenvalue weighted by atomic mass is 16.7. The average molecular weight is 196 g/mol. The molecule has 7 heteroatoms. The third-order valence-electron chi connectivity index (χ3n) is 1.57. The molecule has 0 aliphatic rings. The van der Waals surface area contributed by atoms with Gasteiger partial charge in [0.2, 0.25) is 0 Å². The highest BCUT2D eigenvalue weighted by Crippen LogP contribution is 2.03. The van der Waals surface area contributed by atoms with E-state index in [0.29, 0.717) is 0 Å². The summed E-state index contributed by atoms with van der Waals surface area (Å²) in [5.74, 6) is 4.77. The predicted octanol–water partition coefficient (Wildman–Crippen LogP) is -3.15. The number of nitrogens with one attached hydrogen (secondary N) is 1. The summed E-state index contributed by atoms with van der Waals surface area (Å²) < 4.78 is 0. The maximum Gasteiger partial charge on any atom is 0.108 e. The van der Waals surface area contributed by atoms with Gasteiger partial charge in [0.25, 0.3) is 0 Å². The monoisotopic (exact) mass is 196 g/mol. The van der Waals surface area contributed by atoms with Gasteiger partial charge in [0.15, 0.2) is 0 Å². The van der Waals surface area contributed by atoms with Crippen LogP contribution in [0.4, 0.5) is 0 Å². The summed E-state index contributed by atoms with van der Waals surface area (Å²) in [6, 6.07) is 0. The molecule has 0 amide bonds. The summed E-state index contributed by atoms with van der Waals surface area (Å²) in [5, 5.41) is 35.6. The largest absolute Gasteiger partial charge is 0.394 e. The Bertz CT molecular complexity index is 126. The third kappa shape index (κ3) is 5.11. The number of aliphatic hydroxyl groups is 4. The van der Waals surface area contributed by atoms with Crippen LogP contribution in [0.15, 0.2) is 0 Å². The van der Waals surface area contributed by atoms with Gasteiger partial charge in [-0.05, 0) is 0 Å². The molecular formula is C6H16N2O5. The predicted molar refractivity (Wildman–Crippen MR) is 43.0 cm³/mol. The number of rotatable bonds is 7. The molecule has 80 valence electrons. The molecule has 13 heavy (non-hydrogen) atoms. The van der Waals surface area contributed by atoms with Gasteiger partial charge in [0.05, 0.1) is 19.3 Å². The van der Waals surface area contributed by atoms with Gasteiger partial charge in [-0.25, -0.2) is 5.84 Å². The minimum atomic E-state index is -1.38. The van der Waals surface area contributed by atoms with E-state index >= 15 is 0 Å². The minimum absolute atomic E-state index is 0.0902. The van der Waals surface area contributed by atoms with Crippen molar-refractivity contribution in [1.82, 2.24) is 5.59 Å². The molecule has 0 fully saturated rings. The van der Waals surface area contributed by atoms with Crippen LogP contribution in [-0.2, 0) is 4.84 Å². The van der Waals surface area contributed by atoms with Crippen LogP contribution >= 0.6 is 0 Å². The van der Waals surface area contributed by atoms with Crippen molar-refractivity contribution < 1.29 is 25.3 Å². The summed E-state index contributed by atoms with van der Waals surface area (Å²) >= 11 is 0. The number of hydrazine groups is 1. The Morgan fingerprint density at radius 1 is 1.23 bits per heavy atom. The maximum absolute atomic E-state index is 9.18. The van der Waals surface area contributed by atoms with Gasteiger partial charge in [-0.2, -0.15) is 0 Å². The lowest BCUT2D eigenvalue weighted by Crippen LogP contribution is -2.40. The first kappa shape index (κ1) is 12.7. The van der Waals surface area contributed by atoms with Crippen molar-refractivity contribution in [3.8, 4) is 0 Å². The Morgan fingerprint density at radius 3 is 2.31 bits per heavy atom. The molecule has 0 spiro atoms. The van der Waals surface area contributed by atoms with E-state index in [2.05, 4.69) is 4.84 Å². The van der Waals surface area contributed by atoms with Gasteiger partial charge in [-0.15, -0.1) is 5.59 Å². The van der Waals surface area contributed by atoms with E-state index in [9.17, 15) is 5.11 Å². The fraction of sp³-hybridized carbons (Fsp3) is 1.00. The summed E-state index contributed by atoms with van der Waals surface area (Å²) in [5.41, 5.74) is 1.90. The van der Waals surface area contributed by atoms with E-state index < -0.39 is 24.9 Å². The van der Waals surface area contributed by atoms with E-state index in [0.717, 1.165) is 0 Å². The number of nitrogens with two attached hydrogens (primary N) is 1. The van der Waals surface area contributed by atoms with Crippen LogP contribution in [0.2, 0.25) is 0 Å². The SMILES string of the molecule is NNOCC[C@@H](O)[C@H](O)[C@H](O)CO. The average Bonchev–Trinajstić information content (AvgIpc) is 2.15. The summed E-state index contributed by atoms with van der Waals surface area (Å²) in [6.45, 7) is -0.513. The fourth-order valence-corrected chi connectivity index (χ4v) is 0.774. The summed E-state index contributed by atoms with van der Waals surface area (Å²) in [7, 11) is 0. The lowest BCUT2D eigenvalue weighted by molar-refractivity contribution is -0.0882. The molecule has 0 heterocycles. The molecule has 0 aromatic carbocycles. The van der Waals surface area contributed by atoms with E-state index in [1.54, 1.807) is 0 Å². The van der Waals surface area contributed by atoms with Crippen LogP contribution in [0.25, 0.3) is 0 Å². The number of hydrogen-bond acceptors (Lipinski definition) is 7. The number of aliphatic hydroxyl groups excluding tert-OH is 4. The molecule has 0 aromatic rings. The third-order valence-corrected chi connectivity index (χ3v) is 1.57. The maximum atomic E-state index is 9.18. The second-order valence-corrected chi connectivity index (χ2v) is 2.56. The summed E-state index contributed by atoms with van der Waals surface area (Å²) in [4.78, 5) is 4.48. The van der Waals surface area contributed by atoms with Crippen LogP contribution in [0.1, 0.15) is 6.42 Å². The van der Waals surface area contributed by atoms with Gasteiger partial charge in [-0.1, -0.05) is 0 Å². The highest BCUT2D eigenvalue weighted by Gasteiger charge is 2.23. The lowest BCUT2D eigenvalue weighted by Gasteiger charge is -2.20. The first-order valence-corrected chi connectivity index (χ1v) is 3.86. The van der Waals surface area contributed by atoms with Crippen LogP contribution in [0.5, 0.6) is 0 Å². The normalized spacial score (nSPS) is 18.2. The van der Waals surface area contributed by atoms with Gasteiger partial charge >= 0.3 is 0 Å². The summed E-state index contributed by atoms with van der Waals surface area (Å²) in [6.07, 6.45) is -3.79. The van der Waals surface area contributed by atoms with Gasteiger partial charge < -0.3 is 20.4 Å². The van der Waals surface area contributed by atoms with Gasteiger partial charge in [0, 0.05) is 6.42 Å². The van der Waals surface area contributed by atoms with Crippen molar-refractivity contribution in [2.75, 3.05) is 13.2 Å². The molecule has 0 bridgehead atoms. The Kier molecular flexibility index (Phi) is 7.00. The highest BCUT2D eigenvalue weighted by molar-refractivity contribution is 4.74. The second kappa shape index (κ2) is 7.15. The van der Waals surface area contributed by atoms with E-state index in [-0.39, 0.29) is 13.0 Å². The second-order valence-electron chi connectivity index (χ2n) is 2.56. The molecule has 3 atom stereocenters. The zero-order valence-electron chi connectivity index (χ0n) is 7.13. The Hall–Kier alpha value is -0.280. The first-order valence-electron chi connectivity index (χ1n) is 3.86. The Labute approximate surface area is 75.7 Å². The van der Waals surface area contributed by atoms with Gasteiger partial charge in [-0.3, -0.25) is 4.84 Å². The fourth-order valence-electron chi connectivity index (χ4n) is 0.774. The van der Waals surface area contributed by atoms with Crippen molar-refractivity contribution >= 4 is 0 Å². The van der Waals surface area contributed by atoms with Crippen molar-refractivity contribution in [2.45, 2.75) is 24.7 Å². The molecular weight excluding hydrogens is 180 g/mol. The van der Waals surface area contributed by atoms with E-state index in [1.165, 1.54) is 0 Å². The Balaban J connectivity index is 3.62. The van der Waals surface area contributed by atoms with Crippen molar-refractivity contribution in [3.63, 3.8) is 0 Å². The minimum Gasteiger partial charge on any atom is -0.394 e. The Morgan fingerprint density at radius 2 is 1.85 bits per heavy atom. The molecule has 7 nitrogen and oxygen atoms in total. The molecule has 0 saturated heterocycles. The first-order chi connectivity index (χ1) is 6.13.